The summed E-state index contributed by atoms with van der Waals surface area (Å²) in [6.45, 7) is 5.99. The Morgan fingerprint density at radius 2 is 1.80 bits per heavy atom. The van der Waals surface area contributed by atoms with Gasteiger partial charge in [0, 0.05) is 13.0 Å². The first-order valence-electron chi connectivity index (χ1n) is 6.10. The van der Waals surface area contributed by atoms with Gasteiger partial charge in [-0.3, -0.25) is 4.79 Å². The van der Waals surface area contributed by atoms with E-state index in [0.717, 1.165) is 18.8 Å². The fourth-order valence-electron chi connectivity index (χ4n) is 2.43. The number of Topliss-reactive ketones (excluding diaryl/α,β-unsaturated/α-hetero) is 1. The Kier molecular flexibility index (Phi) is 4.32. The molecule has 0 aromatic rings. The molecule has 0 N–H and O–H groups in total. The zero-order valence-corrected chi connectivity index (χ0v) is 10.5. The van der Waals surface area contributed by atoms with Gasteiger partial charge in [0.2, 0.25) is 0 Å². The number of carbonyl (C=O) groups is 1. The van der Waals surface area contributed by atoms with E-state index in [-0.39, 0.29) is 5.92 Å². The van der Waals surface area contributed by atoms with Crippen molar-refractivity contribution >= 4 is 5.78 Å². The molecule has 1 saturated carbocycles. The minimum absolute atomic E-state index is 0.239. The van der Waals surface area contributed by atoms with Crippen molar-refractivity contribution in [2.75, 3.05) is 7.11 Å². The summed E-state index contributed by atoms with van der Waals surface area (Å²) in [5, 5.41) is 0. The Labute approximate surface area is 93.4 Å². The van der Waals surface area contributed by atoms with Crippen LogP contribution in [-0.2, 0) is 9.53 Å². The molecule has 1 aliphatic rings. The van der Waals surface area contributed by atoms with Crippen LogP contribution in [0.3, 0.4) is 0 Å². The average Bonchev–Trinajstić information content (AvgIpc) is 2.28. The van der Waals surface area contributed by atoms with E-state index >= 15 is 0 Å². The fourth-order valence-corrected chi connectivity index (χ4v) is 2.43. The summed E-state index contributed by atoms with van der Waals surface area (Å²) in [6, 6.07) is 0. The summed E-state index contributed by atoms with van der Waals surface area (Å²) in [7, 11) is 1.62. The third-order valence-corrected chi connectivity index (χ3v) is 3.90. The van der Waals surface area contributed by atoms with Crippen LogP contribution in [0.25, 0.3) is 0 Å². The molecule has 0 spiro atoms. The molecule has 0 amide bonds. The van der Waals surface area contributed by atoms with Crippen LogP contribution in [0, 0.1) is 11.8 Å². The molecule has 0 aromatic carbocycles. The summed E-state index contributed by atoms with van der Waals surface area (Å²) in [4.78, 5) is 12.1. The van der Waals surface area contributed by atoms with Crippen molar-refractivity contribution in [3.63, 3.8) is 0 Å². The predicted octanol–water partition coefficient (Wildman–Crippen LogP) is 3.20. The largest absolute Gasteiger partial charge is 0.371 e. The van der Waals surface area contributed by atoms with Gasteiger partial charge in [-0.2, -0.15) is 0 Å². The molecular weight excluding hydrogens is 188 g/mol. The molecule has 2 heteroatoms. The molecule has 0 atom stereocenters. The van der Waals surface area contributed by atoms with E-state index in [2.05, 4.69) is 6.92 Å². The molecule has 0 bridgehead atoms. The maximum absolute atomic E-state index is 12.1. The minimum Gasteiger partial charge on any atom is -0.371 e. The Bertz CT molecular complexity index is 213. The predicted molar refractivity (Wildman–Crippen MR) is 61.8 cm³/mol. The van der Waals surface area contributed by atoms with Gasteiger partial charge in [-0.15, -0.1) is 0 Å². The quantitative estimate of drug-likeness (QED) is 0.715. The molecule has 1 aliphatic carbocycles. The fraction of sp³-hybridized carbons (Fsp3) is 0.923. The van der Waals surface area contributed by atoms with Crippen molar-refractivity contribution < 1.29 is 9.53 Å². The van der Waals surface area contributed by atoms with Gasteiger partial charge in [0.15, 0.2) is 5.78 Å². The van der Waals surface area contributed by atoms with E-state index < -0.39 is 5.60 Å². The van der Waals surface area contributed by atoms with E-state index in [9.17, 15) is 4.79 Å². The second kappa shape index (κ2) is 5.11. The van der Waals surface area contributed by atoms with Crippen molar-refractivity contribution in [3.8, 4) is 0 Å². The SMILES string of the molecule is CCC1CCC(C(=O)C(C)(C)OC)CC1. The Hall–Kier alpha value is -0.370. The van der Waals surface area contributed by atoms with E-state index in [0.29, 0.717) is 5.78 Å². The van der Waals surface area contributed by atoms with Gasteiger partial charge < -0.3 is 4.74 Å². The lowest BCUT2D eigenvalue weighted by molar-refractivity contribution is -0.142. The number of methoxy groups -OCH3 is 1. The first-order valence-corrected chi connectivity index (χ1v) is 6.10. The summed E-state index contributed by atoms with van der Waals surface area (Å²) in [6.07, 6.45) is 5.81. The van der Waals surface area contributed by atoms with Gasteiger partial charge in [0.1, 0.15) is 5.60 Å². The molecule has 1 rings (SSSR count). The molecule has 2 nitrogen and oxygen atoms in total. The molecule has 0 unspecified atom stereocenters. The van der Waals surface area contributed by atoms with E-state index in [4.69, 9.17) is 4.74 Å². The lowest BCUT2D eigenvalue weighted by atomic mass is 9.76. The standard InChI is InChI=1S/C13H24O2/c1-5-10-6-8-11(9-7-10)12(14)13(2,3)15-4/h10-11H,5-9H2,1-4H3. The maximum atomic E-state index is 12.1. The lowest BCUT2D eigenvalue weighted by Gasteiger charge is -2.32. The molecule has 15 heavy (non-hydrogen) atoms. The van der Waals surface area contributed by atoms with Crippen LogP contribution in [0.4, 0.5) is 0 Å². The monoisotopic (exact) mass is 212 g/mol. The van der Waals surface area contributed by atoms with Crippen LogP contribution in [0.2, 0.25) is 0 Å². The van der Waals surface area contributed by atoms with E-state index in [1.54, 1.807) is 7.11 Å². The lowest BCUT2D eigenvalue weighted by Crippen LogP contribution is -2.40. The first-order chi connectivity index (χ1) is 7.01. The average molecular weight is 212 g/mol. The van der Waals surface area contributed by atoms with Gasteiger partial charge in [-0.05, 0) is 45.4 Å². The molecule has 0 heterocycles. The van der Waals surface area contributed by atoms with Crippen molar-refractivity contribution in [3.05, 3.63) is 0 Å². The second-order valence-corrected chi connectivity index (χ2v) is 5.20. The number of ether oxygens (including phenoxy) is 1. The van der Waals surface area contributed by atoms with Crippen LogP contribution < -0.4 is 0 Å². The van der Waals surface area contributed by atoms with Crippen LogP contribution in [0.5, 0.6) is 0 Å². The number of carbonyl (C=O) groups excluding carboxylic acids is 1. The van der Waals surface area contributed by atoms with Crippen LogP contribution in [0.15, 0.2) is 0 Å². The smallest absolute Gasteiger partial charge is 0.167 e. The van der Waals surface area contributed by atoms with Gasteiger partial charge in [0.05, 0.1) is 0 Å². The maximum Gasteiger partial charge on any atom is 0.167 e. The Balaban J connectivity index is 2.50. The zero-order chi connectivity index (χ0) is 11.5. The minimum atomic E-state index is -0.594. The summed E-state index contributed by atoms with van der Waals surface area (Å²) >= 11 is 0. The van der Waals surface area contributed by atoms with Crippen molar-refractivity contribution in [1.82, 2.24) is 0 Å². The Morgan fingerprint density at radius 1 is 1.27 bits per heavy atom. The van der Waals surface area contributed by atoms with Gasteiger partial charge in [-0.1, -0.05) is 13.3 Å². The number of hydrogen-bond acceptors (Lipinski definition) is 2. The van der Waals surface area contributed by atoms with Crippen molar-refractivity contribution in [1.29, 1.82) is 0 Å². The number of ketones is 1. The van der Waals surface area contributed by atoms with E-state index in [1.807, 2.05) is 13.8 Å². The molecule has 1 fully saturated rings. The zero-order valence-electron chi connectivity index (χ0n) is 10.5. The molecule has 0 aliphatic heterocycles. The normalized spacial score (nSPS) is 27.7. The summed E-state index contributed by atoms with van der Waals surface area (Å²) in [5.74, 6) is 1.38. The molecule has 0 aromatic heterocycles. The van der Waals surface area contributed by atoms with Crippen LogP contribution in [-0.4, -0.2) is 18.5 Å². The van der Waals surface area contributed by atoms with Crippen molar-refractivity contribution in [2.45, 2.75) is 58.5 Å². The van der Waals surface area contributed by atoms with Crippen molar-refractivity contribution in [2.24, 2.45) is 11.8 Å². The highest BCUT2D eigenvalue weighted by Gasteiger charge is 2.35. The van der Waals surface area contributed by atoms with Gasteiger partial charge in [-0.25, -0.2) is 0 Å². The molecule has 88 valence electrons. The number of hydrogen-bond donors (Lipinski definition) is 0. The topological polar surface area (TPSA) is 26.3 Å². The van der Waals surface area contributed by atoms with Gasteiger partial charge >= 0.3 is 0 Å². The first kappa shape index (κ1) is 12.7. The Morgan fingerprint density at radius 3 is 2.20 bits per heavy atom. The summed E-state index contributed by atoms with van der Waals surface area (Å²) in [5.41, 5.74) is -0.594. The highest BCUT2D eigenvalue weighted by molar-refractivity contribution is 5.88. The highest BCUT2D eigenvalue weighted by atomic mass is 16.5. The van der Waals surface area contributed by atoms with Gasteiger partial charge in [0.25, 0.3) is 0 Å². The molecule has 0 saturated heterocycles. The third kappa shape index (κ3) is 3.04. The number of rotatable bonds is 4. The molecule has 0 radical (unpaired) electrons. The third-order valence-electron chi connectivity index (χ3n) is 3.90. The van der Waals surface area contributed by atoms with Crippen LogP contribution >= 0.6 is 0 Å². The summed E-state index contributed by atoms with van der Waals surface area (Å²) < 4.78 is 5.26. The molecular formula is C13H24O2. The second-order valence-electron chi connectivity index (χ2n) is 5.20. The highest BCUT2D eigenvalue weighted by Crippen LogP contribution is 2.33. The van der Waals surface area contributed by atoms with Crippen LogP contribution in [0.1, 0.15) is 52.9 Å². The van der Waals surface area contributed by atoms with E-state index in [1.165, 1.54) is 19.3 Å².